The van der Waals surface area contributed by atoms with Gasteiger partial charge in [0.15, 0.2) is 0 Å². The molecule has 2 rings (SSSR count). The monoisotopic (exact) mass is 369 g/mol. The van der Waals surface area contributed by atoms with Gasteiger partial charge >= 0.3 is 6.03 Å². The van der Waals surface area contributed by atoms with E-state index < -0.39 is 0 Å². The van der Waals surface area contributed by atoms with Crippen molar-refractivity contribution in [2.45, 2.75) is 66.6 Å². The number of benzene rings is 1. The van der Waals surface area contributed by atoms with Gasteiger partial charge in [0.2, 0.25) is 0 Å². The number of carbonyl (C=O) groups is 1. The maximum Gasteiger partial charge on any atom is 0.318 e. The number of nitrogens with one attached hydrogen (secondary N) is 1. The number of hydrogen-bond donors (Lipinski definition) is 1. The molecule has 2 amide bonds. The standard InChI is InChI=1S/C23H35N3O/c1-6-7-13-24-23(27)26(20(5)18(2)3)17-22-12-9-14-25(22)16-21-11-8-10-19(4)15-21/h8-12,14-15,18,20H,6-7,13,16-17H2,1-5H3,(H,24,27)/t20-/m0/s1. The van der Waals surface area contributed by atoms with Crippen LogP contribution in [0, 0.1) is 12.8 Å². The second-order valence-electron chi connectivity index (χ2n) is 7.81. The Hall–Kier alpha value is -2.23. The topological polar surface area (TPSA) is 37.3 Å². The predicted octanol–water partition coefficient (Wildman–Crippen LogP) is 5.20. The van der Waals surface area contributed by atoms with Crippen LogP contribution < -0.4 is 5.32 Å². The van der Waals surface area contributed by atoms with Crippen LogP contribution in [-0.2, 0) is 13.1 Å². The van der Waals surface area contributed by atoms with Crippen LogP contribution in [0.2, 0.25) is 0 Å². The van der Waals surface area contributed by atoms with Crippen LogP contribution in [0.4, 0.5) is 4.79 Å². The molecule has 1 aromatic heterocycles. The van der Waals surface area contributed by atoms with Gasteiger partial charge in [0, 0.05) is 31.0 Å². The number of carbonyl (C=O) groups excluding carboxylic acids is 1. The summed E-state index contributed by atoms with van der Waals surface area (Å²) < 4.78 is 2.24. The Labute approximate surface area is 164 Å². The molecule has 0 aliphatic rings. The largest absolute Gasteiger partial charge is 0.345 e. The lowest BCUT2D eigenvalue weighted by Gasteiger charge is -2.32. The lowest BCUT2D eigenvalue weighted by atomic mass is 10.0. The summed E-state index contributed by atoms with van der Waals surface area (Å²) in [5.74, 6) is 0.405. The van der Waals surface area contributed by atoms with Crippen LogP contribution in [0.15, 0.2) is 42.6 Å². The maximum atomic E-state index is 12.8. The molecule has 1 N–H and O–H groups in total. The molecule has 0 radical (unpaired) electrons. The number of hydrogen-bond acceptors (Lipinski definition) is 1. The molecule has 0 spiro atoms. The molecular weight excluding hydrogens is 334 g/mol. The van der Waals surface area contributed by atoms with Gasteiger partial charge in [-0.3, -0.25) is 0 Å². The van der Waals surface area contributed by atoms with Gasteiger partial charge in [0.1, 0.15) is 0 Å². The molecule has 2 aromatic rings. The summed E-state index contributed by atoms with van der Waals surface area (Å²) in [5, 5.41) is 3.09. The van der Waals surface area contributed by atoms with E-state index >= 15 is 0 Å². The summed E-state index contributed by atoms with van der Waals surface area (Å²) in [5.41, 5.74) is 3.71. The quantitative estimate of drug-likeness (QED) is 0.606. The molecule has 1 heterocycles. The Bertz CT molecular complexity index is 720. The molecule has 0 bridgehead atoms. The third-order valence-electron chi connectivity index (χ3n) is 5.22. The smallest absolute Gasteiger partial charge is 0.318 e. The first-order chi connectivity index (χ1) is 12.9. The average Bonchev–Trinajstić information content (AvgIpc) is 3.06. The highest BCUT2D eigenvalue weighted by molar-refractivity contribution is 5.74. The Kier molecular flexibility index (Phi) is 7.96. The van der Waals surface area contributed by atoms with E-state index in [0.29, 0.717) is 12.5 Å². The Morgan fingerprint density at radius 3 is 2.63 bits per heavy atom. The molecule has 4 nitrogen and oxygen atoms in total. The molecule has 0 saturated heterocycles. The molecule has 0 saturated carbocycles. The maximum absolute atomic E-state index is 12.8. The van der Waals surface area contributed by atoms with Crippen LogP contribution in [0.25, 0.3) is 0 Å². The number of aryl methyl sites for hydroxylation is 1. The molecule has 1 aromatic carbocycles. The van der Waals surface area contributed by atoms with E-state index in [4.69, 9.17) is 0 Å². The molecule has 4 heteroatoms. The minimum Gasteiger partial charge on any atom is -0.345 e. The van der Waals surface area contributed by atoms with Crippen LogP contribution in [-0.4, -0.2) is 28.1 Å². The fraction of sp³-hybridized carbons (Fsp3) is 0.522. The van der Waals surface area contributed by atoms with E-state index in [9.17, 15) is 4.79 Å². The Morgan fingerprint density at radius 1 is 1.19 bits per heavy atom. The van der Waals surface area contributed by atoms with Gasteiger partial charge in [-0.2, -0.15) is 0 Å². The number of aromatic nitrogens is 1. The van der Waals surface area contributed by atoms with Crippen LogP contribution in [0.1, 0.15) is 57.4 Å². The van der Waals surface area contributed by atoms with Crippen LogP contribution in [0.5, 0.6) is 0 Å². The summed E-state index contributed by atoms with van der Waals surface area (Å²) in [6.45, 7) is 12.9. The highest BCUT2D eigenvalue weighted by atomic mass is 16.2. The predicted molar refractivity (Wildman–Crippen MR) is 113 cm³/mol. The Morgan fingerprint density at radius 2 is 1.96 bits per heavy atom. The summed E-state index contributed by atoms with van der Waals surface area (Å²) in [6.07, 6.45) is 4.20. The van der Waals surface area contributed by atoms with E-state index in [0.717, 1.165) is 31.6 Å². The van der Waals surface area contributed by atoms with Gasteiger partial charge in [-0.25, -0.2) is 4.79 Å². The van der Waals surface area contributed by atoms with Crippen molar-refractivity contribution in [3.63, 3.8) is 0 Å². The summed E-state index contributed by atoms with van der Waals surface area (Å²) >= 11 is 0. The van der Waals surface area contributed by atoms with E-state index in [1.165, 1.54) is 11.1 Å². The summed E-state index contributed by atoms with van der Waals surface area (Å²) in [7, 11) is 0. The zero-order valence-electron chi connectivity index (χ0n) is 17.5. The second kappa shape index (κ2) is 10.2. The normalized spacial score (nSPS) is 12.2. The van der Waals surface area contributed by atoms with E-state index in [1.54, 1.807) is 0 Å². The van der Waals surface area contributed by atoms with E-state index in [2.05, 4.69) is 87.1 Å². The minimum atomic E-state index is 0.0351. The molecule has 1 atom stereocenters. The van der Waals surface area contributed by atoms with Crippen molar-refractivity contribution in [3.8, 4) is 0 Å². The fourth-order valence-electron chi connectivity index (χ4n) is 3.16. The summed E-state index contributed by atoms with van der Waals surface area (Å²) in [6, 6.07) is 13.0. The van der Waals surface area contributed by atoms with Gasteiger partial charge in [-0.1, -0.05) is 57.0 Å². The van der Waals surface area contributed by atoms with Gasteiger partial charge < -0.3 is 14.8 Å². The van der Waals surface area contributed by atoms with Crippen LogP contribution in [0.3, 0.4) is 0 Å². The molecular formula is C23H35N3O. The van der Waals surface area contributed by atoms with Gasteiger partial charge in [-0.05, 0) is 43.9 Å². The third kappa shape index (κ3) is 6.16. The summed E-state index contributed by atoms with van der Waals surface area (Å²) in [4.78, 5) is 14.8. The zero-order valence-corrected chi connectivity index (χ0v) is 17.5. The number of unbranched alkanes of at least 4 members (excludes halogenated alkanes) is 1. The zero-order chi connectivity index (χ0) is 19.8. The third-order valence-corrected chi connectivity index (χ3v) is 5.22. The molecule has 0 fully saturated rings. The van der Waals surface area contributed by atoms with E-state index in [-0.39, 0.29) is 12.1 Å². The van der Waals surface area contributed by atoms with Crippen molar-refractivity contribution in [3.05, 3.63) is 59.4 Å². The van der Waals surface area contributed by atoms with Crippen molar-refractivity contribution in [2.75, 3.05) is 6.54 Å². The SMILES string of the molecule is CCCCNC(=O)N(Cc1cccn1Cc1cccc(C)c1)[C@@H](C)C(C)C. The number of rotatable bonds is 9. The first-order valence-electron chi connectivity index (χ1n) is 10.2. The first kappa shape index (κ1) is 21.1. The van der Waals surface area contributed by atoms with Crippen molar-refractivity contribution in [1.82, 2.24) is 14.8 Å². The lowest BCUT2D eigenvalue weighted by Crippen LogP contribution is -2.47. The number of nitrogens with zero attached hydrogens (tertiary/aromatic N) is 2. The van der Waals surface area contributed by atoms with Gasteiger partial charge in [-0.15, -0.1) is 0 Å². The lowest BCUT2D eigenvalue weighted by molar-refractivity contribution is 0.155. The second-order valence-corrected chi connectivity index (χ2v) is 7.81. The number of amides is 2. The van der Waals surface area contributed by atoms with Gasteiger partial charge in [0.25, 0.3) is 0 Å². The fourth-order valence-corrected chi connectivity index (χ4v) is 3.16. The molecule has 148 valence electrons. The van der Waals surface area contributed by atoms with Crippen molar-refractivity contribution < 1.29 is 4.79 Å². The van der Waals surface area contributed by atoms with Crippen molar-refractivity contribution in [2.24, 2.45) is 5.92 Å². The molecule has 27 heavy (non-hydrogen) atoms. The molecule has 0 aliphatic carbocycles. The molecule has 0 unspecified atom stereocenters. The minimum absolute atomic E-state index is 0.0351. The van der Waals surface area contributed by atoms with Crippen molar-refractivity contribution in [1.29, 1.82) is 0 Å². The van der Waals surface area contributed by atoms with E-state index in [1.807, 2.05) is 4.90 Å². The first-order valence-corrected chi connectivity index (χ1v) is 10.2. The van der Waals surface area contributed by atoms with Crippen LogP contribution >= 0.6 is 0 Å². The highest BCUT2D eigenvalue weighted by Gasteiger charge is 2.23. The Balaban J connectivity index is 2.15. The van der Waals surface area contributed by atoms with Crippen molar-refractivity contribution >= 4 is 6.03 Å². The van der Waals surface area contributed by atoms with Gasteiger partial charge in [0.05, 0.1) is 6.54 Å². The number of urea groups is 1. The average molecular weight is 370 g/mol. The highest BCUT2D eigenvalue weighted by Crippen LogP contribution is 2.17. The molecule has 0 aliphatic heterocycles.